The first-order valence-corrected chi connectivity index (χ1v) is 9.39. The molecule has 2 aromatic rings. The Morgan fingerprint density at radius 1 is 0.607 bits per heavy atom. The summed E-state index contributed by atoms with van der Waals surface area (Å²) in [5, 5.41) is 0.945. The van der Waals surface area contributed by atoms with Crippen molar-refractivity contribution in [1.82, 2.24) is 0 Å². The lowest BCUT2D eigenvalue weighted by molar-refractivity contribution is 0.534. The Hall–Kier alpha value is -2.88. The molecule has 0 radical (unpaired) electrons. The van der Waals surface area contributed by atoms with Crippen LogP contribution in [-0.4, -0.2) is 0 Å². The summed E-state index contributed by atoms with van der Waals surface area (Å²) in [6.45, 7) is 12.0. The lowest BCUT2D eigenvalue weighted by Crippen LogP contribution is -2.35. The molecule has 0 atom stereocenters. The zero-order valence-electron chi connectivity index (χ0n) is 16.9. The maximum Gasteiger partial charge on any atom is 0.234 e. The van der Waals surface area contributed by atoms with Gasteiger partial charge in [-0.05, 0) is 28.0 Å². The number of rotatable bonds is 0. The van der Waals surface area contributed by atoms with Crippen molar-refractivity contribution in [2.75, 3.05) is 0 Å². The van der Waals surface area contributed by atoms with Crippen LogP contribution < -0.4 is 21.7 Å². The molecule has 0 saturated carbocycles. The molecule has 0 heterocycles. The summed E-state index contributed by atoms with van der Waals surface area (Å²) < 4.78 is 0. The first-order chi connectivity index (χ1) is 12.9. The van der Waals surface area contributed by atoms with Gasteiger partial charge in [-0.15, -0.1) is 0 Å². The molecule has 0 spiro atoms. The quantitative estimate of drug-likeness (QED) is 0.349. The first-order valence-electron chi connectivity index (χ1n) is 9.39. The predicted molar refractivity (Wildman–Crippen MR) is 114 cm³/mol. The molecular formula is C24H22O4. The van der Waals surface area contributed by atoms with Gasteiger partial charge in [0.25, 0.3) is 0 Å². The Morgan fingerprint density at radius 3 is 1.61 bits per heavy atom. The Bertz CT molecular complexity index is 1430. The van der Waals surface area contributed by atoms with E-state index in [4.69, 9.17) is 0 Å². The largest absolute Gasteiger partial charge is 0.285 e. The molecule has 0 aromatic heterocycles. The summed E-state index contributed by atoms with van der Waals surface area (Å²) in [7, 11) is 0. The van der Waals surface area contributed by atoms with E-state index in [2.05, 4.69) is 0 Å². The van der Waals surface area contributed by atoms with Crippen LogP contribution in [0.4, 0.5) is 0 Å². The minimum absolute atomic E-state index is 0.209. The van der Waals surface area contributed by atoms with Crippen molar-refractivity contribution in [3.05, 3.63) is 76.3 Å². The highest BCUT2D eigenvalue weighted by Gasteiger charge is 2.34. The van der Waals surface area contributed by atoms with E-state index < -0.39 is 27.1 Å². The second kappa shape index (κ2) is 5.34. The average molecular weight is 374 g/mol. The van der Waals surface area contributed by atoms with Crippen molar-refractivity contribution in [3.8, 4) is 11.1 Å². The van der Waals surface area contributed by atoms with Gasteiger partial charge < -0.3 is 0 Å². The van der Waals surface area contributed by atoms with Crippen LogP contribution in [0.2, 0.25) is 0 Å². The summed E-state index contributed by atoms with van der Waals surface area (Å²) in [4.78, 5) is 51.9. The molecule has 28 heavy (non-hydrogen) atoms. The van der Waals surface area contributed by atoms with Crippen molar-refractivity contribution in [2.45, 2.75) is 52.4 Å². The Kier molecular flexibility index (Phi) is 3.53. The summed E-state index contributed by atoms with van der Waals surface area (Å²) in [6.07, 6.45) is 0. The third-order valence-corrected chi connectivity index (χ3v) is 5.57. The second-order valence-corrected chi connectivity index (χ2v) is 9.64. The topological polar surface area (TPSA) is 68.3 Å². The predicted octanol–water partition coefficient (Wildman–Crippen LogP) is 3.45. The fourth-order valence-corrected chi connectivity index (χ4v) is 4.40. The molecule has 142 valence electrons. The summed E-state index contributed by atoms with van der Waals surface area (Å²) in [5.41, 5.74) is -0.773. The molecule has 2 aromatic carbocycles. The maximum absolute atomic E-state index is 13.3. The molecule has 0 N–H and O–H groups in total. The lowest BCUT2D eigenvalue weighted by atomic mass is 9.70. The summed E-state index contributed by atoms with van der Waals surface area (Å²) in [5.74, 6) is 0. The smallest absolute Gasteiger partial charge is 0.234 e. The van der Waals surface area contributed by atoms with Crippen molar-refractivity contribution >= 4 is 21.5 Å². The van der Waals surface area contributed by atoms with Gasteiger partial charge >= 0.3 is 0 Å². The van der Waals surface area contributed by atoms with Crippen molar-refractivity contribution in [2.24, 2.45) is 0 Å². The van der Waals surface area contributed by atoms with Crippen LogP contribution >= 0.6 is 0 Å². The van der Waals surface area contributed by atoms with Gasteiger partial charge in [-0.3, -0.25) is 19.2 Å². The molecule has 0 amide bonds. The van der Waals surface area contributed by atoms with Gasteiger partial charge in [-0.25, -0.2) is 0 Å². The molecule has 4 nitrogen and oxygen atoms in total. The number of hydrogen-bond donors (Lipinski definition) is 0. The van der Waals surface area contributed by atoms with Crippen molar-refractivity contribution in [3.63, 3.8) is 0 Å². The molecule has 2 aliphatic rings. The second-order valence-electron chi connectivity index (χ2n) is 9.64. The van der Waals surface area contributed by atoms with Crippen LogP contribution in [0.1, 0.15) is 52.7 Å². The summed E-state index contributed by atoms with van der Waals surface area (Å²) in [6, 6.07) is 6.43. The molecule has 2 aliphatic carbocycles. The molecule has 4 heteroatoms. The number of benzene rings is 4. The van der Waals surface area contributed by atoms with Crippen LogP contribution in [0.5, 0.6) is 0 Å². The van der Waals surface area contributed by atoms with E-state index in [0.717, 1.165) is 11.1 Å². The molecule has 0 aliphatic heterocycles. The van der Waals surface area contributed by atoms with E-state index in [1.54, 1.807) is 24.3 Å². The Labute approximate surface area is 161 Å². The molecule has 0 saturated heterocycles. The fraction of sp³-hybridized carbons (Fsp3) is 0.333. The van der Waals surface area contributed by atoms with Crippen LogP contribution in [0, 0.1) is 0 Å². The van der Waals surface area contributed by atoms with E-state index in [-0.39, 0.29) is 21.6 Å². The Balaban J connectivity index is 2.55. The third kappa shape index (κ3) is 2.24. The van der Waals surface area contributed by atoms with Gasteiger partial charge in [-0.1, -0.05) is 59.7 Å². The fourth-order valence-electron chi connectivity index (χ4n) is 4.40. The van der Waals surface area contributed by atoms with E-state index >= 15 is 0 Å². The van der Waals surface area contributed by atoms with Gasteiger partial charge in [0.15, 0.2) is 0 Å². The molecule has 4 rings (SSSR count). The highest BCUT2D eigenvalue weighted by atomic mass is 16.2. The highest BCUT2D eigenvalue weighted by molar-refractivity contribution is 6.12. The van der Waals surface area contributed by atoms with Crippen molar-refractivity contribution in [1.29, 1.82) is 0 Å². The van der Waals surface area contributed by atoms with Crippen LogP contribution in [0.3, 0.4) is 0 Å². The number of hydrogen-bond acceptors (Lipinski definition) is 4. The molecular weight excluding hydrogens is 352 g/mol. The minimum Gasteiger partial charge on any atom is -0.285 e. The molecule has 0 bridgehead atoms. The van der Waals surface area contributed by atoms with Gasteiger partial charge in [-0.2, -0.15) is 0 Å². The lowest BCUT2D eigenvalue weighted by Gasteiger charge is -2.33. The normalized spacial score (nSPS) is 13.2. The molecule has 0 fully saturated rings. The van der Waals surface area contributed by atoms with E-state index in [0.29, 0.717) is 16.5 Å². The summed E-state index contributed by atoms with van der Waals surface area (Å²) >= 11 is 0. The van der Waals surface area contributed by atoms with Gasteiger partial charge in [0.1, 0.15) is 0 Å². The van der Waals surface area contributed by atoms with Crippen LogP contribution in [-0.2, 0) is 10.8 Å². The minimum atomic E-state index is -0.624. The van der Waals surface area contributed by atoms with Crippen molar-refractivity contribution < 1.29 is 0 Å². The maximum atomic E-state index is 13.3. The van der Waals surface area contributed by atoms with Gasteiger partial charge in [0.2, 0.25) is 21.7 Å². The van der Waals surface area contributed by atoms with E-state index in [1.807, 2.05) is 41.5 Å². The molecule has 0 unspecified atom stereocenters. The SMILES string of the molecule is CC(C)(C)c1cc2c3c(c1C(C)(C)C)c(=O)c(=O)c1cccc(c1-3)c(=O)c2=O. The Morgan fingerprint density at radius 2 is 1.11 bits per heavy atom. The van der Waals surface area contributed by atoms with E-state index in [9.17, 15) is 19.2 Å². The zero-order chi connectivity index (χ0) is 20.8. The average Bonchev–Trinajstić information content (AvgIpc) is 2.60. The zero-order valence-corrected chi connectivity index (χ0v) is 16.9. The van der Waals surface area contributed by atoms with Crippen LogP contribution in [0.15, 0.2) is 43.4 Å². The third-order valence-electron chi connectivity index (χ3n) is 5.57. The van der Waals surface area contributed by atoms with Gasteiger partial charge in [0, 0.05) is 32.7 Å². The first kappa shape index (κ1) is 18.5. The highest BCUT2D eigenvalue weighted by Crippen LogP contribution is 2.43. The van der Waals surface area contributed by atoms with E-state index in [1.165, 1.54) is 0 Å². The monoisotopic (exact) mass is 374 g/mol. The van der Waals surface area contributed by atoms with Gasteiger partial charge in [0.05, 0.1) is 0 Å². The van der Waals surface area contributed by atoms with Crippen LogP contribution in [0.25, 0.3) is 32.7 Å². The standard InChI is InChI=1S/C24H22O4/c1-23(2,3)14-10-13-16-15-11(19(25)21(13)27)8-7-9-12(15)20(26)22(28)17(16)18(14)24(4,5)6/h7-10H,1-6H3.